The third-order valence-corrected chi connectivity index (χ3v) is 10.2. The van der Waals surface area contributed by atoms with Crippen LogP contribution in [0.25, 0.3) is 112 Å². The van der Waals surface area contributed by atoms with Gasteiger partial charge in [0.05, 0.1) is 22.3 Å². The SMILES string of the molecule is [Ir].[c-]1ccc(-c2nc(-c3cccc4c3oc3ccccc34)nc(-c3cccc4c3oc3ccccc34)n2)cc1-c1ccc2ccccc2n1.c1ccc(-c2ncc[n-]2)nc1. The Balaban J connectivity index is 0.000000313. The first-order valence-electron chi connectivity index (χ1n) is 19.0. The van der Waals surface area contributed by atoms with Gasteiger partial charge in [-0.15, -0.1) is 29.8 Å². The molecule has 6 heterocycles. The van der Waals surface area contributed by atoms with E-state index in [1.807, 2.05) is 121 Å². The summed E-state index contributed by atoms with van der Waals surface area (Å²) in [5.74, 6) is 2.22. The van der Waals surface area contributed by atoms with Crippen LogP contribution in [0.4, 0.5) is 0 Å². The van der Waals surface area contributed by atoms with E-state index in [0.29, 0.717) is 23.3 Å². The van der Waals surface area contributed by atoms with Crippen molar-refractivity contribution in [2.45, 2.75) is 0 Å². The fraction of sp³-hybridized carbons (Fsp3) is 0. The summed E-state index contributed by atoms with van der Waals surface area (Å²) >= 11 is 0. The minimum atomic E-state index is 0. The molecule has 0 aliphatic carbocycles. The number of hydrogen-bond acceptors (Lipinski definition) is 8. The maximum atomic E-state index is 6.42. The topological polar surface area (TPSA) is 118 Å². The molecule has 0 spiro atoms. The van der Waals surface area contributed by atoms with Gasteiger partial charge >= 0.3 is 0 Å². The molecule has 0 N–H and O–H groups in total. The van der Waals surface area contributed by atoms with Gasteiger partial charge in [-0.2, -0.15) is 0 Å². The van der Waals surface area contributed by atoms with Gasteiger partial charge in [0.15, 0.2) is 11.6 Å². The number of furan rings is 2. The number of rotatable bonds is 5. The van der Waals surface area contributed by atoms with Crippen molar-refractivity contribution in [3.8, 4) is 56.9 Å². The summed E-state index contributed by atoms with van der Waals surface area (Å²) in [6, 6.07) is 55.4. The normalized spacial score (nSPS) is 11.2. The van der Waals surface area contributed by atoms with Crippen molar-refractivity contribution in [2.75, 3.05) is 0 Å². The van der Waals surface area contributed by atoms with Crippen LogP contribution in [0.2, 0.25) is 0 Å². The van der Waals surface area contributed by atoms with E-state index in [1.54, 1.807) is 18.6 Å². The quantitative estimate of drug-likeness (QED) is 0.155. The van der Waals surface area contributed by atoms with Crippen LogP contribution in [0.15, 0.2) is 185 Å². The summed E-state index contributed by atoms with van der Waals surface area (Å²) in [6.45, 7) is 0. The third kappa shape index (κ3) is 6.69. The molecule has 12 aromatic rings. The molecule has 6 aromatic carbocycles. The van der Waals surface area contributed by atoms with Gasteiger partial charge in [-0.05, 0) is 59.4 Å². The van der Waals surface area contributed by atoms with Crippen LogP contribution in [0, 0.1) is 6.07 Å². The number of aromatic nitrogens is 7. The van der Waals surface area contributed by atoms with Gasteiger partial charge in [0.1, 0.15) is 28.2 Å². The van der Waals surface area contributed by atoms with Gasteiger partial charge in [-0.3, -0.25) is 9.97 Å². The molecule has 0 aliphatic heterocycles. The Morgan fingerprint density at radius 3 is 1.78 bits per heavy atom. The molecule has 0 saturated heterocycles. The minimum Gasteiger partial charge on any atom is -0.455 e. The van der Waals surface area contributed by atoms with Crippen molar-refractivity contribution >= 4 is 54.8 Å². The van der Waals surface area contributed by atoms with Gasteiger partial charge in [0, 0.05) is 47.8 Å². The Labute approximate surface area is 356 Å². The van der Waals surface area contributed by atoms with E-state index in [2.05, 4.69) is 57.4 Å². The van der Waals surface area contributed by atoms with Crippen molar-refractivity contribution in [3.63, 3.8) is 0 Å². The summed E-state index contributed by atoms with van der Waals surface area (Å²) < 4.78 is 12.8. The molecule has 0 atom stereocenters. The van der Waals surface area contributed by atoms with Crippen LogP contribution < -0.4 is 4.98 Å². The second kappa shape index (κ2) is 15.6. The fourth-order valence-electron chi connectivity index (χ4n) is 7.43. The van der Waals surface area contributed by atoms with Crippen LogP contribution >= 0.6 is 0 Å². The van der Waals surface area contributed by atoms with Crippen LogP contribution in [-0.4, -0.2) is 29.9 Å². The largest absolute Gasteiger partial charge is 0.455 e. The van der Waals surface area contributed by atoms with Crippen molar-refractivity contribution in [1.29, 1.82) is 0 Å². The van der Waals surface area contributed by atoms with Gasteiger partial charge in [-0.1, -0.05) is 115 Å². The molecule has 0 amide bonds. The maximum Gasteiger partial charge on any atom is 0.167 e. The average molecular weight is 952 g/mol. The van der Waals surface area contributed by atoms with E-state index >= 15 is 0 Å². The molecule has 0 fully saturated rings. The van der Waals surface area contributed by atoms with E-state index in [1.165, 1.54) is 0 Å². The summed E-state index contributed by atoms with van der Waals surface area (Å²) in [5, 5.41) is 5.18. The van der Waals surface area contributed by atoms with Crippen molar-refractivity contribution < 1.29 is 28.9 Å². The zero-order valence-electron chi connectivity index (χ0n) is 31.5. The van der Waals surface area contributed by atoms with Gasteiger partial charge < -0.3 is 18.8 Å². The standard InChI is InChI=1S/C42H23N4O2.C8H6N3.Ir/c1-4-19-34-25(10-1)22-23-35(43-34)26-11-7-12-27(24-26)40-44-41(32-17-8-15-30-28-13-2-5-20-36(28)47-38(30)32)46-42(45-40)33-18-9-16-31-29-14-3-6-21-37(29)48-39(31)33;1-2-4-9-7(3-1)8-10-5-6-11-8;/h1-10,12-24H;1-6H;/q2*-1;. The predicted octanol–water partition coefficient (Wildman–Crippen LogP) is 11.8. The average Bonchev–Trinajstić information content (AvgIpc) is 4.08. The van der Waals surface area contributed by atoms with Crippen LogP contribution in [-0.2, 0) is 20.1 Å². The Bertz CT molecular complexity index is 3340. The third-order valence-electron chi connectivity index (χ3n) is 10.2. The van der Waals surface area contributed by atoms with Crippen LogP contribution in [0.3, 0.4) is 0 Å². The Hall–Kier alpha value is -7.65. The molecular formula is C50H29IrN7O2-2. The number of benzene rings is 6. The first-order chi connectivity index (χ1) is 29.2. The number of imidazole rings is 1. The summed E-state index contributed by atoms with van der Waals surface area (Å²) in [4.78, 5) is 32.3. The van der Waals surface area contributed by atoms with Crippen molar-refractivity contribution in [2.24, 2.45) is 0 Å². The van der Waals surface area contributed by atoms with Crippen molar-refractivity contribution in [1.82, 2.24) is 34.9 Å². The predicted molar refractivity (Wildman–Crippen MR) is 231 cm³/mol. The van der Waals surface area contributed by atoms with Gasteiger partial charge in [-0.25, -0.2) is 15.0 Å². The zero-order valence-corrected chi connectivity index (χ0v) is 33.9. The first-order valence-corrected chi connectivity index (χ1v) is 19.0. The van der Waals surface area contributed by atoms with E-state index in [0.717, 1.165) is 88.4 Å². The molecule has 0 aliphatic rings. The minimum absolute atomic E-state index is 0. The molecule has 12 rings (SSSR count). The second-order valence-electron chi connectivity index (χ2n) is 13.8. The van der Waals surface area contributed by atoms with E-state index in [9.17, 15) is 0 Å². The van der Waals surface area contributed by atoms with Crippen LogP contribution in [0.5, 0.6) is 0 Å². The first kappa shape index (κ1) is 36.7. The summed E-state index contributed by atoms with van der Waals surface area (Å²) in [7, 11) is 0. The van der Waals surface area contributed by atoms with E-state index in [4.69, 9.17) is 28.8 Å². The molecule has 6 aromatic heterocycles. The van der Waals surface area contributed by atoms with Gasteiger partial charge in [0.25, 0.3) is 0 Å². The fourth-order valence-corrected chi connectivity index (χ4v) is 7.43. The Morgan fingerprint density at radius 2 is 1.12 bits per heavy atom. The molecule has 1 radical (unpaired) electrons. The summed E-state index contributed by atoms with van der Waals surface area (Å²) in [6.07, 6.45) is 5.04. The van der Waals surface area contributed by atoms with Crippen molar-refractivity contribution in [3.05, 3.63) is 182 Å². The monoisotopic (exact) mass is 952 g/mol. The molecule has 0 unspecified atom stereocenters. The van der Waals surface area contributed by atoms with Gasteiger partial charge in [0.2, 0.25) is 0 Å². The second-order valence-corrected chi connectivity index (χ2v) is 13.8. The molecule has 10 heteroatoms. The Kier molecular flexibility index (Phi) is 9.54. The van der Waals surface area contributed by atoms with E-state index in [-0.39, 0.29) is 20.1 Å². The molecular weight excluding hydrogens is 923 g/mol. The maximum absolute atomic E-state index is 6.42. The van der Waals surface area contributed by atoms with E-state index < -0.39 is 0 Å². The molecule has 9 nitrogen and oxygen atoms in total. The molecule has 287 valence electrons. The molecule has 60 heavy (non-hydrogen) atoms. The molecule has 0 bridgehead atoms. The number of nitrogens with zero attached hydrogens (tertiary/aromatic N) is 7. The summed E-state index contributed by atoms with van der Waals surface area (Å²) in [5.41, 5.74) is 8.88. The number of pyridine rings is 2. The number of para-hydroxylation sites is 5. The number of hydrogen-bond donors (Lipinski definition) is 0. The molecule has 0 saturated carbocycles. The number of fused-ring (bicyclic) bond motifs is 7. The smallest absolute Gasteiger partial charge is 0.167 e. The Morgan fingerprint density at radius 1 is 0.483 bits per heavy atom. The van der Waals surface area contributed by atoms with Crippen LogP contribution in [0.1, 0.15) is 0 Å². The zero-order chi connectivity index (χ0) is 39.1.